The number of nitrogens with zero attached hydrogens (tertiary/aromatic N) is 3. The van der Waals surface area contributed by atoms with E-state index < -0.39 is 6.04 Å². The van der Waals surface area contributed by atoms with Crippen LogP contribution < -0.4 is 14.8 Å². The third-order valence-corrected chi connectivity index (χ3v) is 5.97. The minimum atomic E-state index is -0.465. The van der Waals surface area contributed by atoms with E-state index in [-0.39, 0.29) is 11.2 Å². The number of methoxy groups -OCH3 is 2. The third kappa shape index (κ3) is 3.36. The zero-order valence-electron chi connectivity index (χ0n) is 18.9. The minimum absolute atomic E-state index is 0.105. The number of aryl methyl sites for hydroxylation is 1. The van der Waals surface area contributed by atoms with Crippen LogP contribution in [0, 0.1) is 12.3 Å². The van der Waals surface area contributed by atoms with E-state index in [4.69, 9.17) is 24.0 Å². The molecule has 0 saturated carbocycles. The maximum atomic E-state index is 13.3. The van der Waals surface area contributed by atoms with Crippen molar-refractivity contribution in [3.05, 3.63) is 53.1 Å². The Bertz CT molecular complexity index is 1230. The van der Waals surface area contributed by atoms with E-state index in [2.05, 4.69) is 19.2 Å². The monoisotopic (exact) mass is 434 g/mol. The smallest absolute Gasteiger partial charge is 0.227 e. The zero-order chi connectivity index (χ0) is 22.6. The highest BCUT2D eigenvalue weighted by Gasteiger charge is 2.43. The number of furan rings is 1. The molecule has 0 radical (unpaired) electrons. The lowest BCUT2D eigenvalue weighted by atomic mass is 9.73. The number of carbonyl (C=O) groups is 1. The first kappa shape index (κ1) is 20.4. The highest BCUT2D eigenvalue weighted by molar-refractivity contribution is 6.00. The van der Waals surface area contributed by atoms with Gasteiger partial charge in [0.05, 0.1) is 14.2 Å². The molecular formula is C24H26N4O4. The third-order valence-electron chi connectivity index (χ3n) is 5.97. The summed E-state index contributed by atoms with van der Waals surface area (Å²) in [6.07, 6.45) is 1.23. The van der Waals surface area contributed by atoms with Crippen LogP contribution in [0.3, 0.4) is 0 Å². The van der Waals surface area contributed by atoms with Crippen molar-refractivity contribution in [1.29, 1.82) is 0 Å². The fourth-order valence-electron chi connectivity index (χ4n) is 4.53. The lowest BCUT2D eigenvalue weighted by Crippen LogP contribution is -2.36. The molecule has 0 amide bonds. The predicted octanol–water partition coefficient (Wildman–Crippen LogP) is 4.52. The van der Waals surface area contributed by atoms with E-state index in [1.165, 1.54) is 0 Å². The van der Waals surface area contributed by atoms with Crippen molar-refractivity contribution in [2.75, 3.05) is 19.5 Å². The number of ketones is 1. The molecule has 8 nitrogen and oxygen atoms in total. The summed E-state index contributed by atoms with van der Waals surface area (Å²) in [4.78, 5) is 18.0. The summed E-state index contributed by atoms with van der Waals surface area (Å²) < 4.78 is 18.5. The Morgan fingerprint density at radius 3 is 2.47 bits per heavy atom. The second-order valence-corrected chi connectivity index (χ2v) is 9.11. The topological polar surface area (TPSA) is 91.4 Å². The number of carbonyl (C=O) groups excluding carboxylic acids is 1. The predicted molar refractivity (Wildman–Crippen MR) is 119 cm³/mol. The molecular weight excluding hydrogens is 408 g/mol. The molecule has 1 unspecified atom stereocenters. The Morgan fingerprint density at radius 2 is 1.84 bits per heavy atom. The van der Waals surface area contributed by atoms with Crippen LogP contribution in [-0.4, -0.2) is 34.8 Å². The van der Waals surface area contributed by atoms with Crippen molar-refractivity contribution < 1.29 is 18.7 Å². The quantitative estimate of drug-likeness (QED) is 0.645. The number of benzene rings is 1. The van der Waals surface area contributed by atoms with Gasteiger partial charge in [-0.3, -0.25) is 4.79 Å². The van der Waals surface area contributed by atoms with Crippen LogP contribution in [0.2, 0.25) is 0 Å². The molecule has 8 heteroatoms. The Hall–Kier alpha value is -3.55. The first-order chi connectivity index (χ1) is 15.3. The highest BCUT2D eigenvalue weighted by atomic mass is 16.5. The standard InChI is InChI=1S/C24H26N4O4/c1-13-6-7-19(32-13)21-20-17(11-24(2,3)12-18(20)29)25-23-26-22(27-28(21)23)14-8-15(30-4)10-16(9-14)31-5/h6-10,21H,11-12H2,1-5H3,(H,25,26,27). The summed E-state index contributed by atoms with van der Waals surface area (Å²) in [7, 11) is 3.21. The summed E-state index contributed by atoms with van der Waals surface area (Å²) in [5.74, 6) is 3.93. The van der Waals surface area contributed by atoms with Gasteiger partial charge < -0.3 is 19.2 Å². The Labute approximate surface area is 186 Å². The van der Waals surface area contributed by atoms with E-state index >= 15 is 0 Å². The summed E-state index contributed by atoms with van der Waals surface area (Å²) >= 11 is 0. The van der Waals surface area contributed by atoms with E-state index in [9.17, 15) is 4.79 Å². The Kier molecular flexibility index (Phi) is 4.62. The van der Waals surface area contributed by atoms with Crippen molar-refractivity contribution >= 4 is 11.7 Å². The summed E-state index contributed by atoms with van der Waals surface area (Å²) in [5, 5.41) is 8.17. The minimum Gasteiger partial charge on any atom is -0.497 e. The zero-order valence-corrected chi connectivity index (χ0v) is 18.9. The van der Waals surface area contributed by atoms with Gasteiger partial charge in [-0.15, -0.1) is 5.10 Å². The normalized spacial score (nSPS) is 19.3. The fraction of sp³-hybridized carbons (Fsp3) is 0.375. The average Bonchev–Trinajstić information content (AvgIpc) is 3.37. The van der Waals surface area contributed by atoms with Crippen molar-refractivity contribution in [2.45, 2.75) is 39.7 Å². The van der Waals surface area contributed by atoms with E-state index in [0.717, 1.165) is 23.4 Å². The molecule has 1 aliphatic carbocycles. The van der Waals surface area contributed by atoms with Crippen molar-refractivity contribution in [3.63, 3.8) is 0 Å². The van der Waals surface area contributed by atoms with E-state index in [0.29, 0.717) is 41.0 Å². The van der Waals surface area contributed by atoms with Gasteiger partial charge in [-0.2, -0.15) is 4.98 Å². The molecule has 5 rings (SSSR count). The molecule has 1 aromatic carbocycles. The van der Waals surface area contributed by atoms with Crippen molar-refractivity contribution in [2.24, 2.45) is 5.41 Å². The van der Waals surface area contributed by atoms with Gasteiger partial charge in [-0.05, 0) is 43.0 Å². The molecule has 166 valence electrons. The van der Waals surface area contributed by atoms with Gasteiger partial charge in [0.25, 0.3) is 0 Å². The van der Waals surface area contributed by atoms with E-state index in [1.54, 1.807) is 25.0 Å². The second-order valence-electron chi connectivity index (χ2n) is 9.11. The Morgan fingerprint density at radius 1 is 1.12 bits per heavy atom. The molecule has 3 aromatic rings. The number of fused-ring (bicyclic) bond motifs is 1. The lowest BCUT2D eigenvalue weighted by molar-refractivity contribution is -0.118. The van der Waals surface area contributed by atoms with Crippen LogP contribution in [-0.2, 0) is 4.79 Å². The summed E-state index contributed by atoms with van der Waals surface area (Å²) in [6, 6.07) is 8.86. The molecule has 1 aliphatic heterocycles. The van der Waals surface area contributed by atoms with Crippen LogP contribution in [0.1, 0.15) is 44.3 Å². The molecule has 0 spiro atoms. The van der Waals surface area contributed by atoms with Crippen LogP contribution in [0.5, 0.6) is 11.5 Å². The summed E-state index contributed by atoms with van der Waals surface area (Å²) in [5.41, 5.74) is 2.22. The molecule has 1 atom stereocenters. The van der Waals surface area contributed by atoms with Crippen LogP contribution in [0.15, 0.2) is 46.0 Å². The molecule has 3 heterocycles. The molecule has 1 N–H and O–H groups in total. The van der Waals surface area contributed by atoms with Gasteiger partial charge in [0, 0.05) is 29.3 Å². The van der Waals surface area contributed by atoms with Gasteiger partial charge >= 0.3 is 0 Å². The van der Waals surface area contributed by atoms with Gasteiger partial charge in [-0.25, -0.2) is 4.68 Å². The number of ether oxygens (including phenoxy) is 2. The first-order valence-electron chi connectivity index (χ1n) is 10.6. The maximum Gasteiger partial charge on any atom is 0.227 e. The molecule has 0 saturated heterocycles. The first-order valence-corrected chi connectivity index (χ1v) is 10.6. The van der Waals surface area contributed by atoms with Gasteiger partial charge in [0.15, 0.2) is 11.6 Å². The van der Waals surface area contributed by atoms with Crippen molar-refractivity contribution in [1.82, 2.24) is 14.8 Å². The van der Waals surface area contributed by atoms with Gasteiger partial charge in [0.2, 0.25) is 5.95 Å². The number of nitrogens with one attached hydrogen (secondary N) is 1. The maximum absolute atomic E-state index is 13.3. The fourth-order valence-corrected chi connectivity index (χ4v) is 4.53. The largest absolute Gasteiger partial charge is 0.497 e. The van der Waals surface area contributed by atoms with Crippen molar-refractivity contribution in [3.8, 4) is 22.9 Å². The van der Waals surface area contributed by atoms with Gasteiger partial charge in [-0.1, -0.05) is 13.8 Å². The average molecular weight is 434 g/mol. The second kappa shape index (κ2) is 7.25. The number of rotatable bonds is 4. The number of Topliss-reactive ketones (excluding diaryl/α,β-unsaturated/α-hetero) is 1. The number of hydrogen-bond donors (Lipinski definition) is 1. The van der Waals surface area contributed by atoms with E-state index in [1.807, 2.05) is 31.2 Å². The number of anilines is 1. The van der Waals surface area contributed by atoms with Crippen LogP contribution in [0.4, 0.5) is 5.95 Å². The van der Waals surface area contributed by atoms with Crippen LogP contribution >= 0.6 is 0 Å². The molecule has 0 bridgehead atoms. The molecule has 2 aromatic heterocycles. The Balaban J connectivity index is 1.66. The SMILES string of the molecule is COc1cc(OC)cc(-c2nc3n(n2)C(c2ccc(C)o2)C2=C(CC(C)(C)CC2=O)N3)c1. The lowest BCUT2D eigenvalue weighted by Gasteiger charge is -2.37. The van der Waals surface area contributed by atoms with Gasteiger partial charge in [0.1, 0.15) is 29.1 Å². The van der Waals surface area contributed by atoms with Crippen LogP contribution in [0.25, 0.3) is 11.4 Å². The number of aromatic nitrogens is 3. The number of allylic oxidation sites excluding steroid dienone is 2. The number of hydrogen-bond acceptors (Lipinski definition) is 7. The molecule has 2 aliphatic rings. The summed E-state index contributed by atoms with van der Waals surface area (Å²) in [6.45, 7) is 6.10. The molecule has 0 fully saturated rings. The highest BCUT2D eigenvalue weighted by Crippen LogP contribution is 2.46. The molecule has 32 heavy (non-hydrogen) atoms.